The molecule has 0 aliphatic carbocycles. The Labute approximate surface area is 229 Å². The molecule has 3 N–H and O–H groups in total. The monoisotopic (exact) mass is 554 g/mol. The van der Waals surface area contributed by atoms with Crippen LogP contribution in [0.2, 0.25) is 0 Å². The molecule has 1 atom stereocenters. The average Bonchev–Trinajstić information content (AvgIpc) is 2.88. The van der Waals surface area contributed by atoms with Crippen LogP contribution in [0.25, 0.3) is 17.2 Å². The average molecular weight is 555 g/mol. The molecule has 39 heavy (non-hydrogen) atoms. The van der Waals surface area contributed by atoms with Gasteiger partial charge < -0.3 is 15.5 Å². The molecule has 0 unspecified atom stereocenters. The fraction of sp³-hybridized carbons (Fsp3) is 0.300. The van der Waals surface area contributed by atoms with Gasteiger partial charge in [-0.15, -0.1) is 0 Å². The summed E-state index contributed by atoms with van der Waals surface area (Å²) in [6, 6.07) is 18.7. The molecular formula is C30H35FN2O5S. The van der Waals surface area contributed by atoms with Gasteiger partial charge >= 0.3 is 5.97 Å². The van der Waals surface area contributed by atoms with Crippen LogP contribution in [0.4, 0.5) is 4.39 Å². The van der Waals surface area contributed by atoms with Crippen molar-refractivity contribution in [2.45, 2.75) is 43.7 Å². The van der Waals surface area contributed by atoms with E-state index >= 15 is 0 Å². The Morgan fingerprint density at radius 3 is 2.41 bits per heavy atom. The van der Waals surface area contributed by atoms with Crippen molar-refractivity contribution >= 4 is 22.1 Å². The molecular weight excluding hydrogens is 519 g/mol. The van der Waals surface area contributed by atoms with Crippen LogP contribution in [0.5, 0.6) is 0 Å². The van der Waals surface area contributed by atoms with Crippen molar-refractivity contribution in [1.29, 1.82) is 0 Å². The quantitative estimate of drug-likeness (QED) is 0.285. The van der Waals surface area contributed by atoms with Crippen LogP contribution in [0.15, 0.2) is 77.7 Å². The minimum absolute atomic E-state index is 0.0965. The summed E-state index contributed by atoms with van der Waals surface area (Å²) in [6.45, 7) is 5.64. The number of hydrogen-bond donors (Lipinski definition) is 3. The van der Waals surface area contributed by atoms with Gasteiger partial charge in [0.25, 0.3) is 0 Å². The molecule has 0 radical (unpaired) electrons. The molecule has 0 heterocycles. The maximum absolute atomic E-state index is 13.9. The number of β-amino-alcohol motifs (C(OH)–C–C–N with tert-alkyl or cyclic N) is 1. The van der Waals surface area contributed by atoms with Gasteiger partial charge in [0.1, 0.15) is 5.82 Å². The highest BCUT2D eigenvalue weighted by Crippen LogP contribution is 2.25. The number of aryl methyl sites for hydroxylation is 1. The van der Waals surface area contributed by atoms with Crippen molar-refractivity contribution in [1.82, 2.24) is 9.62 Å². The lowest BCUT2D eigenvalue weighted by Gasteiger charge is -2.29. The highest BCUT2D eigenvalue weighted by molar-refractivity contribution is 7.89. The summed E-state index contributed by atoms with van der Waals surface area (Å²) in [6.07, 6.45) is 2.10. The van der Waals surface area contributed by atoms with E-state index in [1.165, 1.54) is 25.3 Å². The molecule has 0 aromatic heterocycles. The third-order valence-corrected chi connectivity index (χ3v) is 8.19. The lowest BCUT2D eigenvalue weighted by Crippen LogP contribution is -2.47. The number of likely N-dealkylation sites (N-methyl/N-ethyl adjacent to an activating group) is 1. The zero-order valence-electron chi connectivity index (χ0n) is 22.6. The summed E-state index contributed by atoms with van der Waals surface area (Å²) in [5.74, 6) is -1.30. The smallest absolute Gasteiger partial charge is 0.328 e. The summed E-state index contributed by atoms with van der Waals surface area (Å²) in [7, 11) is -2.45. The predicted octanol–water partition coefficient (Wildman–Crippen LogP) is 4.49. The molecule has 0 spiro atoms. The van der Waals surface area contributed by atoms with Crippen molar-refractivity contribution < 1.29 is 27.8 Å². The maximum atomic E-state index is 13.9. The first-order chi connectivity index (χ1) is 18.3. The van der Waals surface area contributed by atoms with Gasteiger partial charge in [0, 0.05) is 31.8 Å². The van der Waals surface area contributed by atoms with Gasteiger partial charge in [-0.2, -0.15) is 4.31 Å². The second-order valence-corrected chi connectivity index (χ2v) is 12.3. The molecule has 0 aliphatic heterocycles. The van der Waals surface area contributed by atoms with Crippen LogP contribution >= 0.6 is 0 Å². The van der Waals surface area contributed by atoms with Crippen LogP contribution in [-0.2, 0) is 21.2 Å². The number of halogens is 1. The number of hydrogen-bond acceptors (Lipinski definition) is 5. The van der Waals surface area contributed by atoms with Crippen molar-refractivity contribution in [3.8, 4) is 11.1 Å². The van der Waals surface area contributed by atoms with E-state index in [0.717, 1.165) is 21.5 Å². The first-order valence-electron chi connectivity index (χ1n) is 12.5. The molecule has 0 fully saturated rings. The number of aliphatic carboxylic acids is 1. The number of carbonyl (C=O) groups is 1. The van der Waals surface area contributed by atoms with Gasteiger partial charge in [-0.05, 0) is 79.3 Å². The molecule has 0 bridgehead atoms. The lowest BCUT2D eigenvalue weighted by molar-refractivity contribution is -0.131. The van der Waals surface area contributed by atoms with Gasteiger partial charge in [0.05, 0.1) is 11.0 Å². The number of nitrogens with zero attached hydrogens (tertiary/aromatic N) is 1. The molecule has 7 nitrogen and oxygen atoms in total. The maximum Gasteiger partial charge on any atom is 0.328 e. The number of aliphatic hydroxyl groups excluding tert-OH is 1. The second kappa shape index (κ2) is 12.7. The summed E-state index contributed by atoms with van der Waals surface area (Å²) >= 11 is 0. The van der Waals surface area contributed by atoms with E-state index in [1.807, 2.05) is 19.9 Å². The van der Waals surface area contributed by atoms with E-state index in [2.05, 4.69) is 5.32 Å². The highest BCUT2D eigenvalue weighted by atomic mass is 32.2. The number of aliphatic hydroxyl groups is 1. The predicted molar refractivity (Wildman–Crippen MR) is 151 cm³/mol. The minimum atomic E-state index is -3.87. The van der Waals surface area contributed by atoms with Crippen molar-refractivity contribution in [3.05, 3.63) is 95.3 Å². The van der Waals surface area contributed by atoms with Crippen LogP contribution in [-0.4, -0.2) is 60.7 Å². The third kappa shape index (κ3) is 8.56. The molecule has 0 saturated heterocycles. The normalized spacial score (nSPS) is 13.2. The number of nitrogens with one attached hydrogen (secondary N) is 1. The fourth-order valence-corrected chi connectivity index (χ4v) is 5.40. The third-order valence-electron chi connectivity index (χ3n) is 6.37. The SMILES string of the molecule is Cc1ccc(CC(C)(C)NC[C@@H](O)CN(C)S(=O)(=O)c2cccc(-c3ccc(/C=C/C(=O)O)cc3)c2)cc1F. The van der Waals surface area contributed by atoms with Crippen LogP contribution in [0.1, 0.15) is 30.5 Å². The molecule has 208 valence electrons. The first-order valence-corrected chi connectivity index (χ1v) is 14.0. The van der Waals surface area contributed by atoms with Crippen molar-refractivity contribution in [2.24, 2.45) is 0 Å². The number of rotatable bonds is 12. The number of carboxylic acids is 1. The Morgan fingerprint density at radius 1 is 1.08 bits per heavy atom. The van der Waals surface area contributed by atoms with Crippen LogP contribution in [0, 0.1) is 12.7 Å². The zero-order valence-corrected chi connectivity index (χ0v) is 23.4. The van der Waals surface area contributed by atoms with Gasteiger partial charge in [0.15, 0.2) is 0 Å². The number of benzene rings is 3. The summed E-state index contributed by atoms with van der Waals surface area (Å²) < 4.78 is 41.5. The minimum Gasteiger partial charge on any atom is -0.478 e. The molecule has 0 amide bonds. The van der Waals surface area contributed by atoms with Gasteiger partial charge in [-0.1, -0.05) is 48.5 Å². The molecule has 0 saturated carbocycles. The summed E-state index contributed by atoms with van der Waals surface area (Å²) in [4.78, 5) is 10.8. The number of carboxylic acid groups (broad SMARTS) is 1. The van der Waals surface area contributed by atoms with E-state index in [1.54, 1.807) is 55.5 Å². The van der Waals surface area contributed by atoms with Crippen molar-refractivity contribution in [2.75, 3.05) is 20.1 Å². The zero-order chi connectivity index (χ0) is 28.8. The summed E-state index contributed by atoms with van der Waals surface area (Å²) in [5, 5.41) is 22.6. The van der Waals surface area contributed by atoms with E-state index in [0.29, 0.717) is 23.1 Å². The van der Waals surface area contributed by atoms with Crippen LogP contribution < -0.4 is 5.32 Å². The highest BCUT2D eigenvalue weighted by Gasteiger charge is 2.25. The lowest BCUT2D eigenvalue weighted by atomic mass is 9.94. The Morgan fingerprint density at radius 2 is 1.77 bits per heavy atom. The van der Waals surface area contributed by atoms with Gasteiger partial charge in [0.2, 0.25) is 10.0 Å². The van der Waals surface area contributed by atoms with E-state index in [-0.39, 0.29) is 23.8 Å². The molecule has 9 heteroatoms. The topological polar surface area (TPSA) is 107 Å². The molecule has 0 aliphatic rings. The van der Waals surface area contributed by atoms with E-state index < -0.39 is 27.6 Å². The second-order valence-electron chi connectivity index (χ2n) is 10.3. The largest absolute Gasteiger partial charge is 0.478 e. The Balaban J connectivity index is 1.63. The van der Waals surface area contributed by atoms with Gasteiger partial charge in [-0.3, -0.25) is 0 Å². The molecule has 3 aromatic carbocycles. The van der Waals surface area contributed by atoms with Crippen molar-refractivity contribution in [3.63, 3.8) is 0 Å². The van der Waals surface area contributed by atoms with E-state index in [9.17, 15) is 22.7 Å². The standard InChI is InChI=1S/C30H35FN2O5S/c1-21-8-9-23(16-28(21)31)18-30(2,3)32-19-26(34)20-33(4)39(37,38)27-7-5-6-25(17-27)24-13-10-22(11-14-24)12-15-29(35)36/h5-17,26,32,34H,18-20H2,1-4H3,(H,35,36)/b15-12+/t26-/m1/s1. The first kappa shape index (κ1) is 30.2. The summed E-state index contributed by atoms with van der Waals surface area (Å²) in [5.41, 5.74) is 3.14. The van der Waals surface area contributed by atoms with Gasteiger partial charge in [-0.25, -0.2) is 17.6 Å². The Hall–Kier alpha value is -3.37. The molecule has 3 aromatic rings. The van der Waals surface area contributed by atoms with Crippen LogP contribution in [0.3, 0.4) is 0 Å². The number of sulfonamides is 1. The molecule has 3 rings (SSSR count). The fourth-order valence-electron chi connectivity index (χ4n) is 4.14. The Kier molecular flexibility index (Phi) is 9.79. The van der Waals surface area contributed by atoms with E-state index in [4.69, 9.17) is 5.11 Å². The Bertz CT molecular complexity index is 1440.